The molecule has 0 spiro atoms. The Morgan fingerprint density at radius 2 is 2.00 bits per heavy atom. The number of fused-ring (bicyclic) bond motifs is 1. The molecule has 32 heavy (non-hydrogen) atoms. The first-order valence-electron chi connectivity index (χ1n) is 9.94. The van der Waals surface area contributed by atoms with E-state index >= 15 is 0 Å². The maximum absolute atomic E-state index is 13.2. The molecule has 10 heteroatoms. The van der Waals surface area contributed by atoms with Crippen LogP contribution in [0.1, 0.15) is 26.0 Å². The predicted octanol–water partition coefficient (Wildman–Crippen LogP) is 2.02. The first-order chi connectivity index (χ1) is 15.0. The summed E-state index contributed by atoms with van der Waals surface area (Å²) in [5.74, 6) is -2.12. The van der Waals surface area contributed by atoms with Crippen LogP contribution >= 0.6 is 0 Å². The SMILES string of the molecule is CC(C)[C@@]1(C(=O)N[C@H](C=CS(C)(=O)=O)CC(=O)O)C=C(c2nccc3ccccc23)NO1. The van der Waals surface area contributed by atoms with Crippen LogP contribution in [0, 0.1) is 5.92 Å². The van der Waals surface area contributed by atoms with E-state index in [0.29, 0.717) is 11.4 Å². The Morgan fingerprint density at radius 3 is 2.66 bits per heavy atom. The Bertz CT molecular complexity index is 1200. The number of carbonyl (C=O) groups is 2. The fourth-order valence-corrected chi connectivity index (χ4v) is 3.87. The lowest BCUT2D eigenvalue weighted by molar-refractivity contribution is -0.150. The monoisotopic (exact) mass is 459 g/mol. The number of benzene rings is 1. The van der Waals surface area contributed by atoms with Crippen LogP contribution in [0.5, 0.6) is 0 Å². The van der Waals surface area contributed by atoms with Crippen molar-refractivity contribution in [3.8, 4) is 0 Å². The van der Waals surface area contributed by atoms with E-state index in [1.165, 1.54) is 0 Å². The van der Waals surface area contributed by atoms with Gasteiger partial charge in [-0.3, -0.25) is 24.9 Å². The van der Waals surface area contributed by atoms with E-state index < -0.39 is 39.8 Å². The molecule has 0 fully saturated rings. The summed E-state index contributed by atoms with van der Waals surface area (Å²) in [6, 6.07) is 8.50. The molecule has 0 unspecified atom stereocenters. The van der Waals surface area contributed by atoms with Crippen molar-refractivity contribution in [3.63, 3.8) is 0 Å². The number of carbonyl (C=O) groups excluding carboxylic acids is 1. The highest BCUT2D eigenvalue weighted by Crippen LogP contribution is 2.34. The summed E-state index contributed by atoms with van der Waals surface area (Å²) in [6.45, 7) is 3.57. The second-order valence-corrected chi connectivity index (χ2v) is 9.86. The highest BCUT2D eigenvalue weighted by molar-refractivity contribution is 7.93. The van der Waals surface area contributed by atoms with Crippen molar-refractivity contribution >= 4 is 38.2 Å². The van der Waals surface area contributed by atoms with Crippen molar-refractivity contribution in [2.45, 2.75) is 31.9 Å². The Morgan fingerprint density at radius 1 is 1.28 bits per heavy atom. The maximum atomic E-state index is 13.2. The van der Waals surface area contributed by atoms with Gasteiger partial charge in [0.25, 0.3) is 5.91 Å². The number of amides is 1. The van der Waals surface area contributed by atoms with Crippen molar-refractivity contribution in [2.75, 3.05) is 6.26 Å². The molecule has 1 aliphatic heterocycles. The lowest BCUT2D eigenvalue weighted by atomic mass is 9.88. The standard InChI is InChI=1S/C22H25N3O6S/c1-14(2)22(21(28)24-16(12-19(26)27)9-11-32(3,29)30)13-18(25-31-22)20-17-7-5-4-6-15(17)8-10-23-20/h4-11,13-14,16,25H,12H2,1-3H3,(H,24,28)(H,26,27)/t16-,22-/m1/s1. The first-order valence-corrected chi connectivity index (χ1v) is 11.9. The Hall–Kier alpha value is -3.24. The zero-order valence-corrected chi connectivity index (χ0v) is 18.7. The quantitative estimate of drug-likeness (QED) is 0.546. The smallest absolute Gasteiger partial charge is 0.305 e. The van der Waals surface area contributed by atoms with Gasteiger partial charge in [0.2, 0.25) is 0 Å². The van der Waals surface area contributed by atoms with E-state index in [1.807, 2.05) is 30.3 Å². The summed E-state index contributed by atoms with van der Waals surface area (Å²) in [4.78, 5) is 34.6. The third kappa shape index (κ3) is 5.14. The van der Waals surface area contributed by atoms with E-state index in [-0.39, 0.29) is 5.92 Å². The molecule has 0 aliphatic carbocycles. The van der Waals surface area contributed by atoms with Gasteiger partial charge in [0.1, 0.15) is 0 Å². The molecule has 0 saturated carbocycles. The molecular formula is C22H25N3O6S. The molecule has 0 radical (unpaired) electrons. The number of hydrogen-bond acceptors (Lipinski definition) is 7. The van der Waals surface area contributed by atoms with Crippen LogP contribution < -0.4 is 10.8 Å². The molecule has 1 aliphatic rings. The molecule has 3 N–H and O–H groups in total. The second-order valence-electron chi connectivity index (χ2n) is 7.93. The Labute approximate surface area is 186 Å². The van der Waals surface area contributed by atoms with Gasteiger partial charge in [-0.05, 0) is 23.4 Å². The van der Waals surface area contributed by atoms with E-state index in [9.17, 15) is 18.0 Å². The molecule has 1 aromatic carbocycles. The number of aromatic nitrogens is 1. The van der Waals surface area contributed by atoms with Crippen LogP contribution in [-0.2, 0) is 24.3 Å². The van der Waals surface area contributed by atoms with E-state index in [2.05, 4.69) is 15.8 Å². The molecular weight excluding hydrogens is 434 g/mol. The summed E-state index contributed by atoms with van der Waals surface area (Å²) in [5, 5.41) is 14.5. The summed E-state index contributed by atoms with van der Waals surface area (Å²) < 4.78 is 22.9. The molecule has 1 aromatic heterocycles. The largest absolute Gasteiger partial charge is 0.481 e. The zero-order valence-electron chi connectivity index (χ0n) is 17.9. The van der Waals surface area contributed by atoms with Crippen LogP contribution in [0.3, 0.4) is 0 Å². The Kier molecular flexibility index (Phi) is 6.65. The van der Waals surface area contributed by atoms with Crippen LogP contribution in [0.25, 0.3) is 16.5 Å². The number of carboxylic acids is 1. The van der Waals surface area contributed by atoms with Gasteiger partial charge in [0.15, 0.2) is 15.4 Å². The zero-order chi connectivity index (χ0) is 23.5. The van der Waals surface area contributed by atoms with Crippen molar-refractivity contribution < 1.29 is 28.0 Å². The number of carboxylic acid groups (broad SMARTS) is 1. The fourth-order valence-electron chi connectivity index (χ4n) is 3.40. The summed E-state index contributed by atoms with van der Waals surface area (Å²) in [7, 11) is -3.50. The number of nitrogens with one attached hydrogen (secondary N) is 2. The average molecular weight is 460 g/mol. The maximum Gasteiger partial charge on any atom is 0.305 e. The summed E-state index contributed by atoms with van der Waals surface area (Å²) in [5.41, 5.74) is 2.46. The van der Waals surface area contributed by atoms with Gasteiger partial charge in [0, 0.05) is 23.2 Å². The number of pyridine rings is 1. The minimum atomic E-state index is -3.50. The summed E-state index contributed by atoms with van der Waals surface area (Å²) in [6.07, 6.45) is 4.93. The van der Waals surface area contributed by atoms with E-state index in [4.69, 9.17) is 9.94 Å². The molecule has 0 bridgehead atoms. The van der Waals surface area contributed by atoms with Crippen LogP contribution in [0.2, 0.25) is 0 Å². The third-order valence-corrected chi connectivity index (χ3v) is 5.75. The number of aliphatic carboxylic acids is 1. The number of sulfone groups is 1. The molecule has 2 heterocycles. The third-order valence-electron chi connectivity index (χ3n) is 5.10. The van der Waals surface area contributed by atoms with Crippen molar-refractivity contribution in [1.29, 1.82) is 0 Å². The highest BCUT2D eigenvalue weighted by atomic mass is 32.2. The molecule has 2 aromatic rings. The van der Waals surface area contributed by atoms with Crippen molar-refractivity contribution in [1.82, 2.24) is 15.8 Å². The molecule has 2 atom stereocenters. The topological polar surface area (TPSA) is 135 Å². The number of rotatable bonds is 8. The molecule has 9 nitrogen and oxygen atoms in total. The second kappa shape index (κ2) is 9.09. The lowest BCUT2D eigenvalue weighted by Gasteiger charge is -2.29. The minimum absolute atomic E-state index is 0.341. The van der Waals surface area contributed by atoms with Crippen LogP contribution in [-0.4, -0.2) is 48.3 Å². The normalized spacial score (nSPS) is 19.7. The minimum Gasteiger partial charge on any atom is -0.481 e. The van der Waals surface area contributed by atoms with Gasteiger partial charge in [-0.1, -0.05) is 44.2 Å². The number of nitrogens with zero attached hydrogens (tertiary/aromatic N) is 1. The van der Waals surface area contributed by atoms with Gasteiger partial charge in [-0.2, -0.15) is 0 Å². The van der Waals surface area contributed by atoms with Gasteiger partial charge in [-0.15, -0.1) is 0 Å². The van der Waals surface area contributed by atoms with Crippen LogP contribution in [0.15, 0.2) is 54.1 Å². The lowest BCUT2D eigenvalue weighted by Crippen LogP contribution is -2.53. The fraction of sp³-hybridized carbons (Fsp3) is 0.318. The number of hydrogen-bond donors (Lipinski definition) is 3. The Balaban J connectivity index is 1.95. The van der Waals surface area contributed by atoms with Crippen molar-refractivity contribution in [2.24, 2.45) is 5.92 Å². The average Bonchev–Trinajstić information content (AvgIpc) is 3.17. The van der Waals surface area contributed by atoms with Crippen molar-refractivity contribution in [3.05, 3.63) is 59.8 Å². The van der Waals surface area contributed by atoms with Gasteiger partial charge >= 0.3 is 5.97 Å². The van der Waals surface area contributed by atoms with Gasteiger partial charge < -0.3 is 10.4 Å². The molecule has 3 rings (SSSR count). The first kappa shape index (κ1) is 23.4. The van der Waals surface area contributed by atoms with Gasteiger partial charge in [-0.25, -0.2) is 8.42 Å². The van der Waals surface area contributed by atoms with E-state index in [1.54, 1.807) is 26.1 Å². The van der Waals surface area contributed by atoms with Gasteiger partial charge in [0.05, 0.1) is 23.9 Å². The molecule has 1 amide bonds. The molecule has 170 valence electrons. The highest BCUT2D eigenvalue weighted by Gasteiger charge is 2.47. The molecule has 0 saturated heterocycles. The predicted molar refractivity (Wildman–Crippen MR) is 120 cm³/mol. The number of hydroxylamine groups is 1. The summed E-state index contributed by atoms with van der Waals surface area (Å²) >= 11 is 0. The van der Waals surface area contributed by atoms with E-state index in [0.717, 1.165) is 28.5 Å². The van der Waals surface area contributed by atoms with Crippen LogP contribution in [0.4, 0.5) is 0 Å².